The van der Waals surface area contributed by atoms with E-state index in [0.29, 0.717) is 27.6 Å². The molecule has 1 amide bonds. The van der Waals surface area contributed by atoms with Crippen LogP contribution in [0.5, 0.6) is 0 Å². The second kappa shape index (κ2) is 4.53. The lowest BCUT2D eigenvalue weighted by Gasteiger charge is -2.29. The topological polar surface area (TPSA) is 29.1 Å². The van der Waals surface area contributed by atoms with Crippen LogP contribution in [0.2, 0.25) is 10.0 Å². The summed E-state index contributed by atoms with van der Waals surface area (Å²) in [5.74, 6) is 0.998. The molecule has 1 aromatic rings. The Hall–Kier alpha value is -0.990. The molecule has 0 heterocycles. The summed E-state index contributed by atoms with van der Waals surface area (Å²) in [6.45, 7) is 2.05. The number of amides is 1. The molecule has 3 rings (SSSR count). The zero-order chi connectivity index (χ0) is 13.6. The predicted octanol–water partition coefficient (Wildman–Crippen LogP) is 4.53. The summed E-state index contributed by atoms with van der Waals surface area (Å²) in [7, 11) is 0. The minimum Gasteiger partial charge on any atom is -0.326 e. The van der Waals surface area contributed by atoms with Crippen LogP contribution in [0.4, 0.5) is 5.69 Å². The molecule has 3 atom stereocenters. The van der Waals surface area contributed by atoms with Crippen molar-refractivity contribution < 1.29 is 4.79 Å². The Morgan fingerprint density at radius 3 is 2.68 bits per heavy atom. The van der Waals surface area contributed by atoms with Crippen molar-refractivity contribution in [1.82, 2.24) is 0 Å². The van der Waals surface area contributed by atoms with E-state index in [-0.39, 0.29) is 11.3 Å². The Labute approximate surface area is 122 Å². The van der Waals surface area contributed by atoms with Gasteiger partial charge < -0.3 is 5.32 Å². The van der Waals surface area contributed by atoms with Gasteiger partial charge in [-0.1, -0.05) is 42.3 Å². The molecule has 4 heteroatoms. The summed E-state index contributed by atoms with van der Waals surface area (Å²) in [6.07, 6.45) is 6.45. The fourth-order valence-corrected chi connectivity index (χ4v) is 3.50. The largest absolute Gasteiger partial charge is 0.326 e. The van der Waals surface area contributed by atoms with Crippen molar-refractivity contribution in [2.45, 2.75) is 19.8 Å². The molecule has 1 saturated carbocycles. The zero-order valence-electron chi connectivity index (χ0n) is 10.6. The quantitative estimate of drug-likeness (QED) is 0.798. The molecule has 2 bridgehead atoms. The third kappa shape index (κ3) is 2.17. The highest BCUT2D eigenvalue weighted by Gasteiger charge is 2.49. The number of anilines is 1. The number of benzene rings is 1. The predicted molar refractivity (Wildman–Crippen MR) is 78.6 cm³/mol. The third-order valence-corrected chi connectivity index (χ3v) is 5.11. The first-order chi connectivity index (χ1) is 8.99. The molecule has 1 fully saturated rings. The lowest BCUT2D eigenvalue weighted by Crippen LogP contribution is -2.36. The van der Waals surface area contributed by atoms with Crippen LogP contribution in [0.25, 0.3) is 0 Å². The van der Waals surface area contributed by atoms with Crippen LogP contribution in [0, 0.1) is 17.3 Å². The Morgan fingerprint density at radius 1 is 1.32 bits per heavy atom. The van der Waals surface area contributed by atoms with Crippen molar-refractivity contribution in [3.63, 3.8) is 0 Å². The number of halogens is 2. The van der Waals surface area contributed by atoms with Gasteiger partial charge in [0.25, 0.3) is 0 Å². The fraction of sp³-hybridized carbons (Fsp3) is 0.400. The molecule has 100 valence electrons. The zero-order valence-corrected chi connectivity index (χ0v) is 12.1. The van der Waals surface area contributed by atoms with E-state index in [4.69, 9.17) is 23.2 Å². The van der Waals surface area contributed by atoms with Crippen LogP contribution < -0.4 is 5.32 Å². The Bertz CT molecular complexity index is 569. The smallest absolute Gasteiger partial charge is 0.230 e. The number of carbonyl (C=O) groups is 1. The van der Waals surface area contributed by atoms with E-state index in [9.17, 15) is 4.79 Å². The number of carbonyl (C=O) groups excluding carboxylic acids is 1. The van der Waals surface area contributed by atoms with Gasteiger partial charge in [-0.15, -0.1) is 0 Å². The van der Waals surface area contributed by atoms with Gasteiger partial charge in [-0.05, 0) is 42.9 Å². The van der Waals surface area contributed by atoms with E-state index in [1.54, 1.807) is 18.2 Å². The molecule has 2 aliphatic rings. The van der Waals surface area contributed by atoms with E-state index in [2.05, 4.69) is 17.5 Å². The highest BCUT2D eigenvalue weighted by atomic mass is 35.5. The van der Waals surface area contributed by atoms with E-state index in [0.717, 1.165) is 12.8 Å². The number of allylic oxidation sites excluding steroid dienone is 2. The number of hydrogen-bond acceptors (Lipinski definition) is 1. The first kappa shape index (κ1) is 13.0. The maximum Gasteiger partial charge on any atom is 0.230 e. The molecule has 0 radical (unpaired) electrons. The standard InChI is InChI=1S/C15H15Cl2NO/c1-15(8-9-2-3-10(15)6-9)14(19)18-11-4-5-12(16)13(17)7-11/h2-5,7,9-10H,6,8H2,1H3,(H,18,19). The van der Waals surface area contributed by atoms with Gasteiger partial charge in [-0.25, -0.2) is 0 Å². The highest BCUT2D eigenvalue weighted by molar-refractivity contribution is 6.42. The average molecular weight is 296 g/mol. The highest BCUT2D eigenvalue weighted by Crippen LogP contribution is 2.52. The molecule has 19 heavy (non-hydrogen) atoms. The number of rotatable bonds is 2. The maximum absolute atomic E-state index is 12.5. The van der Waals surface area contributed by atoms with Gasteiger partial charge in [0.15, 0.2) is 0 Å². The Morgan fingerprint density at radius 2 is 2.11 bits per heavy atom. The lowest BCUT2D eigenvalue weighted by atomic mass is 9.77. The van der Waals surface area contributed by atoms with Crippen LogP contribution in [0.1, 0.15) is 19.8 Å². The Balaban J connectivity index is 1.78. The first-order valence-electron chi connectivity index (χ1n) is 6.44. The van der Waals surface area contributed by atoms with Crippen molar-refractivity contribution in [2.75, 3.05) is 5.32 Å². The number of nitrogens with one attached hydrogen (secondary N) is 1. The molecule has 0 saturated heterocycles. The van der Waals surface area contributed by atoms with Gasteiger partial charge in [-0.2, -0.15) is 0 Å². The van der Waals surface area contributed by atoms with E-state index in [1.165, 1.54) is 0 Å². The maximum atomic E-state index is 12.5. The van der Waals surface area contributed by atoms with Gasteiger partial charge >= 0.3 is 0 Å². The third-order valence-electron chi connectivity index (χ3n) is 4.37. The second-order valence-corrected chi connectivity index (χ2v) is 6.51. The molecular formula is C15H15Cl2NO. The monoisotopic (exact) mass is 295 g/mol. The van der Waals surface area contributed by atoms with Crippen molar-refractivity contribution in [3.8, 4) is 0 Å². The fourth-order valence-electron chi connectivity index (χ4n) is 3.20. The number of hydrogen-bond donors (Lipinski definition) is 1. The molecule has 2 aliphatic carbocycles. The average Bonchev–Trinajstić information content (AvgIpc) is 2.94. The lowest BCUT2D eigenvalue weighted by molar-refractivity contribution is -0.126. The van der Waals surface area contributed by atoms with Crippen molar-refractivity contribution >= 4 is 34.8 Å². The van der Waals surface area contributed by atoms with E-state index in [1.807, 2.05) is 6.92 Å². The van der Waals surface area contributed by atoms with Crippen molar-refractivity contribution in [3.05, 3.63) is 40.4 Å². The van der Waals surface area contributed by atoms with Gasteiger partial charge in [0, 0.05) is 5.69 Å². The normalized spacial score (nSPS) is 31.7. The van der Waals surface area contributed by atoms with E-state index < -0.39 is 0 Å². The molecule has 3 unspecified atom stereocenters. The summed E-state index contributed by atoms with van der Waals surface area (Å²) < 4.78 is 0. The summed E-state index contributed by atoms with van der Waals surface area (Å²) in [5.41, 5.74) is 0.401. The molecule has 0 spiro atoms. The van der Waals surface area contributed by atoms with Crippen molar-refractivity contribution in [2.24, 2.45) is 17.3 Å². The van der Waals surface area contributed by atoms with Gasteiger partial charge in [0.1, 0.15) is 0 Å². The van der Waals surface area contributed by atoms with Crippen molar-refractivity contribution in [1.29, 1.82) is 0 Å². The first-order valence-corrected chi connectivity index (χ1v) is 7.19. The van der Waals surface area contributed by atoms with Crippen LogP contribution in [-0.2, 0) is 4.79 Å². The molecule has 0 aromatic heterocycles. The summed E-state index contributed by atoms with van der Waals surface area (Å²) in [6, 6.07) is 5.16. The molecule has 1 aromatic carbocycles. The Kier molecular flexibility index (Phi) is 3.11. The summed E-state index contributed by atoms with van der Waals surface area (Å²) >= 11 is 11.8. The van der Waals surface area contributed by atoms with Crippen LogP contribution in [0.15, 0.2) is 30.4 Å². The van der Waals surface area contributed by atoms with Gasteiger partial charge in [-0.3, -0.25) is 4.79 Å². The van der Waals surface area contributed by atoms with Crippen LogP contribution >= 0.6 is 23.2 Å². The van der Waals surface area contributed by atoms with Gasteiger partial charge in [0.05, 0.1) is 15.5 Å². The SMILES string of the molecule is CC1(C(=O)Nc2ccc(Cl)c(Cl)c2)CC2C=CC1C2. The molecule has 0 aliphatic heterocycles. The van der Waals surface area contributed by atoms with Crippen LogP contribution in [0.3, 0.4) is 0 Å². The summed E-state index contributed by atoms with van der Waals surface area (Å²) in [4.78, 5) is 12.5. The van der Waals surface area contributed by atoms with Gasteiger partial charge in [0.2, 0.25) is 5.91 Å². The summed E-state index contributed by atoms with van der Waals surface area (Å²) in [5, 5.41) is 3.91. The second-order valence-electron chi connectivity index (χ2n) is 5.69. The number of fused-ring (bicyclic) bond motifs is 2. The van der Waals surface area contributed by atoms with E-state index >= 15 is 0 Å². The molecular weight excluding hydrogens is 281 g/mol. The molecule has 1 N–H and O–H groups in total. The minimum absolute atomic E-state index is 0.0720. The minimum atomic E-state index is -0.300. The molecule has 2 nitrogen and oxygen atoms in total. The van der Waals surface area contributed by atoms with Crippen LogP contribution in [-0.4, -0.2) is 5.91 Å².